The fourth-order valence-corrected chi connectivity index (χ4v) is 12.0. The van der Waals surface area contributed by atoms with E-state index in [9.17, 15) is 14.4 Å². The minimum Gasteiger partial charge on any atom is -0.407 e. The summed E-state index contributed by atoms with van der Waals surface area (Å²) in [7, 11) is -2.95. The molecule has 0 fully saturated rings. The van der Waals surface area contributed by atoms with Crippen molar-refractivity contribution in [3.63, 3.8) is 0 Å². The summed E-state index contributed by atoms with van der Waals surface area (Å²) in [5.74, 6) is -1.96. The Morgan fingerprint density at radius 1 is 0.688 bits per heavy atom. The number of imide groups is 1. The van der Waals surface area contributed by atoms with Crippen LogP contribution in [0.2, 0.25) is 5.04 Å². The third-order valence-corrected chi connectivity index (χ3v) is 14.8. The first-order chi connectivity index (χ1) is 23.1. The molecule has 1 aliphatic rings. The number of rotatable bonds is 10. The fourth-order valence-electron chi connectivity index (χ4n) is 7.44. The molecule has 1 heterocycles. The van der Waals surface area contributed by atoms with E-state index in [1.54, 1.807) is 6.07 Å². The molecule has 2 amide bonds. The minimum atomic E-state index is -2.95. The quantitative estimate of drug-likeness (QED) is 0.119. The van der Waals surface area contributed by atoms with E-state index >= 15 is 0 Å². The zero-order valence-electron chi connectivity index (χ0n) is 27.9. The number of benzene rings is 5. The summed E-state index contributed by atoms with van der Waals surface area (Å²) in [6, 6.07) is 46.8. The van der Waals surface area contributed by atoms with Crippen molar-refractivity contribution in [2.24, 2.45) is 0 Å². The van der Waals surface area contributed by atoms with Crippen molar-refractivity contribution in [1.29, 1.82) is 0 Å². The summed E-state index contributed by atoms with van der Waals surface area (Å²) < 4.78 is 7.18. The molecule has 48 heavy (non-hydrogen) atoms. The third-order valence-electron chi connectivity index (χ3n) is 9.72. The van der Waals surface area contributed by atoms with Crippen LogP contribution < -0.4 is 15.3 Å². The predicted octanol–water partition coefficient (Wildman–Crippen LogP) is 7.19. The van der Waals surface area contributed by atoms with Gasteiger partial charge in [0, 0.05) is 6.61 Å². The number of carbonyl (C=O) groups excluding carboxylic acids is 3. The van der Waals surface area contributed by atoms with Gasteiger partial charge in [-0.3, -0.25) is 14.4 Å². The van der Waals surface area contributed by atoms with E-state index in [0.717, 1.165) is 21.5 Å². The first-order valence-corrected chi connectivity index (χ1v) is 18.4. The summed E-state index contributed by atoms with van der Waals surface area (Å²) in [5.41, 5.74) is 0.964. The molecule has 0 saturated carbocycles. The first kappa shape index (κ1) is 33.0. The molecule has 5 aromatic rings. The van der Waals surface area contributed by atoms with Crippen LogP contribution in [-0.4, -0.2) is 32.5 Å². The zero-order chi connectivity index (χ0) is 33.9. The number of Topliss-reactive ketones (excluding diaryl/α,β-unsaturated/α-hetero) is 1. The smallest absolute Gasteiger partial charge is 0.261 e. The number of hydrogen-bond donors (Lipinski definition) is 0. The van der Waals surface area contributed by atoms with Crippen LogP contribution in [0.1, 0.15) is 56.7 Å². The van der Waals surface area contributed by atoms with Gasteiger partial charge in [0.15, 0.2) is 0 Å². The molecule has 1 atom stereocenters. The summed E-state index contributed by atoms with van der Waals surface area (Å²) in [4.78, 5) is 44.8. The lowest BCUT2D eigenvalue weighted by molar-refractivity contribution is -0.135. The highest BCUT2D eigenvalue weighted by Crippen LogP contribution is 2.47. The maximum absolute atomic E-state index is 14.9. The Balaban J connectivity index is 1.42. The number of anilines is 1. The minimum absolute atomic E-state index is 0.105. The predicted molar refractivity (Wildman–Crippen MR) is 194 cm³/mol. The van der Waals surface area contributed by atoms with Crippen molar-refractivity contribution in [2.45, 2.75) is 50.5 Å². The molecule has 0 saturated heterocycles. The van der Waals surface area contributed by atoms with Crippen LogP contribution in [0.4, 0.5) is 5.69 Å². The van der Waals surface area contributed by atoms with Crippen LogP contribution in [0.3, 0.4) is 0 Å². The van der Waals surface area contributed by atoms with Crippen LogP contribution in [0, 0.1) is 0 Å². The molecule has 0 aromatic heterocycles. The van der Waals surface area contributed by atoms with Gasteiger partial charge in [-0.1, -0.05) is 160 Å². The fraction of sp³-hybridized carbons (Fsp3) is 0.214. The van der Waals surface area contributed by atoms with E-state index in [1.165, 1.54) is 11.8 Å². The molecule has 5 nitrogen and oxygen atoms in total. The number of hydrogen-bond acceptors (Lipinski definition) is 4. The second-order valence-electron chi connectivity index (χ2n) is 13.5. The first-order valence-electron chi connectivity index (χ1n) is 16.5. The zero-order valence-corrected chi connectivity index (χ0v) is 28.9. The SMILES string of the molecule is CC(=O)[C@@]1(CCO[Si](c2ccccc2)(c2ccccc2)C(C)(C)C)C(=O)N(C(=O)C(c2ccccc2)c2ccccc2)c2ccccc21. The van der Waals surface area contributed by atoms with E-state index < -0.39 is 25.6 Å². The molecular formula is C42H41NO4Si. The maximum Gasteiger partial charge on any atom is 0.261 e. The van der Waals surface area contributed by atoms with Crippen molar-refractivity contribution >= 4 is 42.0 Å². The van der Waals surface area contributed by atoms with Crippen molar-refractivity contribution in [1.82, 2.24) is 0 Å². The Morgan fingerprint density at radius 2 is 1.12 bits per heavy atom. The summed E-state index contributed by atoms with van der Waals surface area (Å²) >= 11 is 0. The Hall–Kier alpha value is -4.91. The van der Waals surface area contributed by atoms with Crippen LogP contribution in [0.5, 0.6) is 0 Å². The highest BCUT2D eigenvalue weighted by Gasteiger charge is 2.57. The number of amides is 2. The van der Waals surface area contributed by atoms with Gasteiger partial charge >= 0.3 is 0 Å². The lowest BCUT2D eigenvalue weighted by Crippen LogP contribution is -2.66. The largest absolute Gasteiger partial charge is 0.407 e. The highest BCUT2D eigenvalue weighted by atomic mass is 28.4. The highest BCUT2D eigenvalue weighted by molar-refractivity contribution is 6.99. The monoisotopic (exact) mass is 651 g/mol. The topological polar surface area (TPSA) is 63.7 Å². The van der Waals surface area contributed by atoms with Gasteiger partial charge in [0.2, 0.25) is 5.91 Å². The van der Waals surface area contributed by atoms with Gasteiger partial charge in [-0.2, -0.15) is 0 Å². The molecule has 6 heteroatoms. The van der Waals surface area contributed by atoms with E-state index in [0.29, 0.717) is 11.3 Å². The summed E-state index contributed by atoms with van der Waals surface area (Å²) in [6.45, 7) is 8.20. The van der Waals surface area contributed by atoms with Gasteiger partial charge in [-0.25, -0.2) is 4.90 Å². The Labute approximate surface area is 284 Å². The Kier molecular flexibility index (Phi) is 9.15. The Morgan fingerprint density at radius 3 is 1.58 bits per heavy atom. The molecule has 0 radical (unpaired) electrons. The van der Waals surface area contributed by atoms with E-state index in [2.05, 4.69) is 45.0 Å². The third kappa shape index (κ3) is 5.55. The number of para-hydroxylation sites is 1. The second kappa shape index (κ2) is 13.3. The lowest BCUT2D eigenvalue weighted by Gasteiger charge is -2.43. The molecule has 0 spiro atoms. The van der Waals surface area contributed by atoms with E-state index in [1.807, 2.05) is 115 Å². The second-order valence-corrected chi connectivity index (χ2v) is 17.8. The van der Waals surface area contributed by atoms with Gasteiger partial charge in [-0.15, -0.1) is 0 Å². The Bertz CT molecular complexity index is 1830. The molecule has 0 bridgehead atoms. The van der Waals surface area contributed by atoms with Crippen molar-refractivity contribution in [2.75, 3.05) is 11.5 Å². The van der Waals surface area contributed by atoms with Crippen LogP contribution >= 0.6 is 0 Å². The van der Waals surface area contributed by atoms with E-state index in [4.69, 9.17) is 4.43 Å². The van der Waals surface area contributed by atoms with Crippen LogP contribution in [-0.2, 0) is 24.2 Å². The molecular weight excluding hydrogens is 611 g/mol. The number of nitrogens with zero attached hydrogens (tertiary/aromatic N) is 1. The number of carbonyl (C=O) groups is 3. The standard InChI is InChI=1S/C42H41NO4Si/c1-31(44)42(29-30-47-48(41(2,3)4,34-23-13-7-14-24-34)35-25-15-8-16-26-35)36-27-17-18-28-37(36)43(40(42)46)39(45)38(32-19-9-5-10-20-32)33-21-11-6-12-22-33/h5-28,38H,29-30H2,1-4H3/t42-/m1/s1. The molecule has 0 aliphatic carbocycles. The van der Waals surface area contributed by atoms with E-state index in [-0.39, 0.29) is 29.8 Å². The van der Waals surface area contributed by atoms with Crippen molar-refractivity contribution in [3.05, 3.63) is 162 Å². The maximum atomic E-state index is 14.9. The van der Waals surface area contributed by atoms with Crippen molar-refractivity contribution < 1.29 is 18.8 Å². The van der Waals surface area contributed by atoms with Gasteiger partial charge in [0.05, 0.1) is 11.6 Å². The van der Waals surface area contributed by atoms with Gasteiger partial charge < -0.3 is 4.43 Å². The molecule has 0 N–H and O–H groups in total. The average Bonchev–Trinajstić information content (AvgIpc) is 3.36. The molecule has 242 valence electrons. The van der Waals surface area contributed by atoms with Gasteiger partial charge in [-0.05, 0) is 51.5 Å². The normalized spacial score (nSPS) is 16.2. The summed E-state index contributed by atoms with van der Waals surface area (Å²) in [5, 5.41) is 1.95. The molecule has 1 aliphatic heterocycles. The lowest BCUT2D eigenvalue weighted by atomic mass is 9.75. The van der Waals surface area contributed by atoms with Gasteiger partial charge in [0.1, 0.15) is 11.2 Å². The molecule has 5 aromatic carbocycles. The van der Waals surface area contributed by atoms with Gasteiger partial charge in [0.25, 0.3) is 14.2 Å². The molecule has 6 rings (SSSR count). The number of fused-ring (bicyclic) bond motifs is 1. The van der Waals surface area contributed by atoms with Crippen molar-refractivity contribution in [3.8, 4) is 0 Å². The van der Waals surface area contributed by atoms with Crippen LogP contribution in [0.25, 0.3) is 0 Å². The molecule has 0 unspecified atom stereocenters. The average molecular weight is 652 g/mol. The van der Waals surface area contributed by atoms with Crippen LogP contribution in [0.15, 0.2) is 146 Å². The summed E-state index contributed by atoms with van der Waals surface area (Å²) in [6.07, 6.45) is 0.105. The number of ketones is 1.